The van der Waals surface area contributed by atoms with E-state index in [1.807, 2.05) is 35.7 Å². The number of hydrogen-bond acceptors (Lipinski definition) is 4. The highest BCUT2D eigenvalue weighted by Gasteiger charge is 2.15. The Morgan fingerprint density at radius 3 is 2.82 bits per heavy atom. The fourth-order valence-electron chi connectivity index (χ4n) is 1.97. The van der Waals surface area contributed by atoms with Gasteiger partial charge in [0.15, 0.2) is 5.69 Å². The van der Waals surface area contributed by atoms with E-state index in [0.717, 1.165) is 16.3 Å². The van der Waals surface area contributed by atoms with Gasteiger partial charge < -0.3 is 5.32 Å². The first kappa shape index (κ1) is 14.7. The highest BCUT2D eigenvalue weighted by Crippen LogP contribution is 2.23. The number of hydrogen-bond donors (Lipinski definition) is 1. The Bertz CT molecular complexity index is 797. The molecule has 0 unspecified atom stereocenters. The van der Waals surface area contributed by atoms with Crippen molar-refractivity contribution in [2.75, 3.05) is 0 Å². The lowest BCUT2D eigenvalue weighted by molar-refractivity contribution is 0.0945. The minimum atomic E-state index is -0.306. The number of nitrogens with zero attached hydrogens (tertiary/aromatic N) is 3. The molecule has 0 bridgehead atoms. The first-order chi connectivity index (χ1) is 10.6. The normalized spacial score (nSPS) is 10.6. The van der Waals surface area contributed by atoms with Gasteiger partial charge in [0.1, 0.15) is 5.01 Å². The highest BCUT2D eigenvalue weighted by atomic mass is 35.5. The quantitative estimate of drug-likeness (QED) is 0.798. The summed E-state index contributed by atoms with van der Waals surface area (Å²) in [5.41, 5.74) is 2.10. The minimum Gasteiger partial charge on any atom is -0.345 e. The van der Waals surface area contributed by atoms with Crippen LogP contribution in [0.2, 0.25) is 5.02 Å². The largest absolute Gasteiger partial charge is 0.345 e. The van der Waals surface area contributed by atoms with E-state index in [4.69, 9.17) is 11.6 Å². The van der Waals surface area contributed by atoms with Crippen molar-refractivity contribution in [3.8, 4) is 10.6 Å². The summed E-state index contributed by atoms with van der Waals surface area (Å²) >= 11 is 7.50. The first-order valence-corrected chi connectivity index (χ1v) is 7.86. The van der Waals surface area contributed by atoms with Crippen LogP contribution in [0.25, 0.3) is 10.6 Å². The van der Waals surface area contributed by atoms with Crippen LogP contribution >= 0.6 is 22.9 Å². The fraction of sp³-hybridized carbons (Fsp3) is 0.133. The van der Waals surface area contributed by atoms with Gasteiger partial charge in [-0.2, -0.15) is 5.10 Å². The van der Waals surface area contributed by atoms with Gasteiger partial charge in [0.2, 0.25) is 0 Å². The Kier molecular flexibility index (Phi) is 4.22. The average Bonchev–Trinajstić information content (AvgIpc) is 3.12. The van der Waals surface area contributed by atoms with Gasteiger partial charge in [-0.05, 0) is 0 Å². The van der Waals surface area contributed by atoms with Crippen LogP contribution in [0.3, 0.4) is 0 Å². The summed E-state index contributed by atoms with van der Waals surface area (Å²) in [4.78, 5) is 16.6. The fourth-order valence-corrected chi connectivity index (χ4v) is 3.06. The molecule has 0 aliphatic heterocycles. The van der Waals surface area contributed by atoms with Crippen LogP contribution < -0.4 is 5.32 Å². The van der Waals surface area contributed by atoms with E-state index in [1.165, 1.54) is 4.68 Å². The van der Waals surface area contributed by atoms with Crippen LogP contribution in [0.1, 0.15) is 16.2 Å². The predicted octanol–water partition coefficient (Wildman–Crippen LogP) is 3.13. The molecule has 1 N–H and O–H groups in total. The summed E-state index contributed by atoms with van der Waals surface area (Å²) in [6, 6.07) is 9.93. The van der Waals surface area contributed by atoms with E-state index in [9.17, 15) is 4.79 Å². The molecular formula is C15H13ClN4OS. The van der Waals surface area contributed by atoms with E-state index >= 15 is 0 Å². The van der Waals surface area contributed by atoms with Crippen LogP contribution in [-0.2, 0) is 13.6 Å². The second-order valence-corrected chi connectivity index (χ2v) is 5.96. The van der Waals surface area contributed by atoms with E-state index in [-0.39, 0.29) is 11.6 Å². The standard InChI is InChI=1S/C15H13ClN4OS/c1-20-8-12(16)13(19-20)14(21)17-7-11-9-22-15(18-11)10-5-3-2-4-6-10/h2-6,8-9H,7H2,1H3,(H,17,21). The minimum absolute atomic E-state index is 0.225. The van der Waals surface area contributed by atoms with Crippen molar-refractivity contribution < 1.29 is 4.79 Å². The number of benzene rings is 1. The molecule has 0 atom stereocenters. The Morgan fingerprint density at radius 1 is 1.36 bits per heavy atom. The molecule has 0 radical (unpaired) electrons. The SMILES string of the molecule is Cn1cc(Cl)c(C(=O)NCc2csc(-c3ccccc3)n2)n1. The topological polar surface area (TPSA) is 59.8 Å². The maximum absolute atomic E-state index is 12.0. The molecule has 22 heavy (non-hydrogen) atoms. The number of nitrogens with one attached hydrogen (secondary N) is 1. The van der Waals surface area contributed by atoms with Crippen LogP contribution in [0.4, 0.5) is 0 Å². The van der Waals surface area contributed by atoms with E-state index in [0.29, 0.717) is 11.6 Å². The second kappa shape index (κ2) is 6.29. The summed E-state index contributed by atoms with van der Waals surface area (Å²) in [6.07, 6.45) is 1.59. The molecule has 0 fully saturated rings. The predicted molar refractivity (Wildman–Crippen MR) is 86.9 cm³/mol. The smallest absolute Gasteiger partial charge is 0.273 e. The van der Waals surface area contributed by atoms with Crippen molar-refractivity contribution in [1.82, 2.24) is 20.1 Å². The molecule has 0 saturated heterocycles. The molecule has 0 aliphatic carbocycles. The zero-order valence-corrected chi connectivity index (χ0v) is 13.4. The van der Waals surface area contributed by atoms with Crippen molar-refractivity contribution >= 4 is 28.8 Å². The van der Waals surface area contributed by atoms with Crippen LogP contribution in [-0.4, -0.2) is 20.7 Å². The number of rotatable bonds is 4. The molecule has 2 aromatic heterocycles. The van der Waals surface area contributed by atoms with E-state index < -0.39 is 0 Å². The van der Waals surface area contributed by atoms with E-state index in [1.54, 1.807) is 24.6 Å². The Balaban J connectivity index is 1.66. The maximum Gasteiger partial charge on any atom is 0.273 e. The van der Waals surface area contributed by atoms with Gasteiger partial charge in [0, 0.05) is 24.2 Å². The van der Waals surface area contributed by atoms with Crippen LogP contribution in [0.5, 0.6) is 0 Å². The lowest BCUT2D eigenvalue weighted by Crippen LogP contribution is -2.23. The number of aryl methyl sites for hydroxylation is 1. The molecule has 0 saturated carbocycles. The molecule has 3 rings (SSSR count). The average molecular weight is 333 g/mol. The van der Waals surface area contributed by atoms with Crippen molar-refractivity contribution in [2.45, 2.75) is 6.54 Å². The lowest BCUT2D eigenvalue weighted by Gasteiger charge is -2.00. The third-order valence-electron chi connectivity index (χ3n) is 3.00. The van der Waals surface area contributed by atoms with Gasteiger partial charge in [-0.25, -0.2) is 4.98 Å². The Hall–Kier alpha value is -2.18. The van der Waals surface area contributed by atoms with Crippen molar-refractivity contribution in [3.05, 3.63) is 58.3 Å². The molecular weight excluding hydrogens is 320 g/mol. The van der Waals surface area contributed by atoms with Crippen molar-refractivity contribution in [3.63, 3.8) is 0 Å². The number of amides is 1. The molecule has 3 aromatic rings. The van der Waals surface area contributed by atoms with Gasteiger partial charge in [-0.15, -0.1) is 11.3 Å². The number of aromatic nitrogens is 3. The molecule has 5 nitrogen and oxygen atoms in total. The number of halogens is 1. The summed E-state index contributed by atoms with van der Waals surface area (Å²) in [5, 5.41) is 10.0. The van der Waals surface area contributed by atoms with Crippen molar-refractivity contribution in [2.24, 2.45) is 7.05 Å². The summed E-state index contributed by atoms with van der Waals surface area (Å²) < 4.78 is 1.51. The zero-order valence-electron chi connectivity index (χ0n) is 11.8. The van der Waals surface area contributed by atoms with Crippen LogP contribution in [0.15, 0.2) is 41.9 Å². The molecule has 7 heteroatoms. The first-order valence-electron chi connectivity index (χ1n) is 6.60. The van der Waals surface area contributed by atoms with Gasteiger partial charge in [-0.3, -0.25) is 9.48 Å². The summed E-state index contributed by atoms with van der Waals surface area (Å²) in [6.45, 7) is 0.342. The molecule has 0 aliphatic rings. The summed E-state index contributed by atoms with van der Waals surface area (Å²) in [5.74, 6) is -0.306. The maximum atomic E-state index is 12.0. The molecule has 0 spiro atoms. The molecule has 112 valence electrons. The van der Waals surface area contributed by atoms with Gasteiger partial charge >= 0.3 is 0 Å². The summed E-state index contributed by atoms with van der Waals surface area (Å²) in [7, 11) is 1.72. The van der Waals surface area contributed by atoms with Gasteiger partial charge in [-0.1, -0.05) is 41.9 Å². The van der Waals surface area contributed by atoms with Gasteiger partial charge in [0.25, 0.3) is 5.91 Å². The van der Waals surface area contributed by atoms with Gasteiger partial charge in [0.05, 0.1) is 17.3 Å². The third kappa shape index (κ3) is 3.18. The number of thiazole rings is 1. The lowest BCUT2D eigenvalue weighted by atomic mass is 10.2. The molecule has 1 aromatic carbocycles. The Morgan fingerprint density at radius 2 is 2.14 bits per heavy atom. The van der Waals surface area contributed by atoms with Crippen molar-refractivity contribution in [1.29, 1.82) is 0 Å². The van der Waals surface area contributed by atoms with E-state index in [2.05, 4.69) is 15.4 Å². The Labute approximate surface area is 136 Å². The monoisotopic (exact) mass is 332 g/mol. The van der Waals surface area contributed by atoms with Crippen LogP contribution in [0, 0.1) is 0 Å². The molecule has 2 heterocycles. The number of carbonyl (C=O) groups excluding carboxylic acids is 1. The second-order valence-electron chi connectivity index (χ2n) is 4.69. The third-order valence-corrected chi connectivity index (χ3v) is 4.22. The number of carbonyl (C=O) groups is 1. The molecule has 1 amide bonds. The zero-order chi connectivity index (χ0) is 15.5. The highest BCUT2D eigenvalue weighted by molar-refractivity contribution is 7.13.